The highest BCUT2D eigenvalue weighted by Gasteiger charge is 2.26. The maximum atomic E-state index is 5.49. The average Bonchev–Trinajstić information content (AvgIpc) is 2.74. The molecule has 7 nitrogen and oxygen atoms in total. The summed E-state index contributed by atoms with van der Waals surface area (Å²) in [6, 6.07) is 2.19. The van der Waals surface area contributed by atoms with Gasteiger partial charge in [-0.3, -0.25) is 0 Å². The quantitative estimate of drug-likeness (QED) is 0.805. The van der Waals surface area contributed by atoms with Crippen LogP contribution in [0, 0.1) is 13.8 Å². The second kappa shape index (κ2) is 8.39. The van der Waals surface area contributed by atoms with E-state index in [4.69, 9.17) is 19.7 Å². The fourth-order valence-electron chi connectivity index (χ4n) is 4.16. The van der Waals surface area contributed by atoms with Gasteiger partial charge in [0, 0.05) is 49.9 Å². The third-order valence-corrected chi connectivity index (χ3v) is 5.66. The van der Waals surface area contributed by atoms with Crippen molar-refractivity contribution in [3.63, 3.8) is 0 Å². The van der Waals surface area contributed by atoms with Gasteiger partial charge < -0.3 is 14.5 Å². The van der Waals surface area contributed by atoms with Crippen molar-refractivity contribution < 1.29 is 4.74 Å². The Morgan fingerprint density at radius 2 is 1.86 bits per heavy atom. The molecule has 2 aliphatic rings. The summed E-state index contributed by atoms with van der Waals surface area (Å²) in [5.41, 5.74) is 2.38. The molecule has 7 heteroatoms. The van der Waals surface area contributed by atoms with E-state index in [-0.39, 0.29) is 0 Å². The van der Waals surface area contributed by atoms with E-state index in [0.717, 1.165) is 87.6 Å². The molecule has 0 bridgehead atoms. The van der Waals surface area contributed by atoms with Gasteiger partial charge in [0.2, 0.25) is 0 Å². The number of aromatic nitrogens is 4. The molecule has 1 unspecified atom stereocenters. The van der Waals surface area contributed by atoms with Gasteiger partial charge in [-0.25, -0.2) is 19.9 Å². The number of piperidine rings is 1. The van der Waals surface area contributed by atoms with Crippen LogP contribution >= 0.6 is 0 Å². The predicted octanol–water partition coefficient (Wildman–Crippen LogP) is 2.67. The Kier molecular flexibility index (Phi) is 5.71. The van der Waals surface area contributed by atoms with Crippen molar-refractivity contribution in [3.8, 4) is 0 Å². The van der Waals surface area contributed by atoms with Crippen LogP contribution in [0.4, 0.5) is 11.6 Å². The number of aryl methyl sites for hydroxylation is 3. The molecule has 2 saturated heterocycles. The van der Waals surface area contributed by atoms with E-state index in [1.54, 1.807) is 0 Å². The standard InChI is InChI=1S/C21H30N6O/c1-4-17-13-22-15(2)25-21(17)27-7-5-6-18(14-27)19-12-20(24-16(3)23-19)26-8-10-28-11-9-26/h12-13,18H,4-11,14H2,1-3H3. The lowest BCUT2D eigenvalue weighted by atomic mass is 9.94. The minimum Gasteiger partial charge on any atom is -0.378 e. The van der Waals surface area contributed by atoms with Crippen LogP contribution in [0.1, 0.15) is 48.6 Å². The Morgan fingerprint density at radius 1 is 1.04 bits per heavy atom. The number of rotatable bonds is 4. The van der Waals surface area contributed by atoms with Crippen LogP contribution in [0.5, 0.6) is 0 Å². The molecule has 2 aromatic heterocycles. The summed E-state index contributed by atoms with van der Waals surface area (Å²) in [4.78, 5) is 23.4. The topological polar surface area (TPSA) is 67.3 Å². The molecule has 4 heterocycles. The molecule has 0 aromatic carbocycles. The Hall–Kier alpha value is -2.28. The molecule has 150 valence electrons. The molecule has 4 rings (SSSR count). The maximum absolute atomic E-state index is 5.49. The van der Waals surface area contributed by atoms with E-state index >= 15 is 0 Å². The maximum Gasteiger partial charge on any atom is 0.135 e. The van der Waals surface area contributed by atoms with E-state index in [9.17, 15) is 0 Å². The van der Waals surface area contributed by atoms with Gasteiger partial charge in [0.15, 0.2) is 0 Å². The molecule has 0 aliphatic carbocycles. The molecule has 2 aromatic rings. The molecule has 0 radical (unpaired) electrons. The average molecular weight is 383 g/mol. The van der Waals surface area contributed by atoms with E-state index in [0.29, 0.717) is 5.92 Å². The first kappa shape index (κ1) is 19.1. The normalized spacial score (nSPS) is 20.5. The number of anilines is 2. The number of morpholine rings is 1. The first-order valence-electron chi connectivity index (χ1n) is 10.4. The van der Waals surface area contributed by atoms with Crippen molar-refractivity contribution >= 4 is 11.6 Å². The summed E-state index contributed by atoms with van der Waals surface area (Å²) in [5.74, 6) is 4.22. The molecule has 0 saturated carbocycles. The van der Waals surface area contributed by atoms with Gasteiger partial charge in [-0.15, -0.1) is 0 Å². The van der Waals surface area contributed by atoms with Crippen molar-refractivity contribution in [2.75, 3.05) is 49.2 Å². The molecule has 0 spiro atoms. The summed E-state index contributed by atoms with van der Waals surface area (Å²) in [6.45, 7) is 11.4. The zero-order chi connectivity index (χ0) is 19.5. The minimum absolute atomic E-state index is 0.398. The molecule has 2 aliphatic heterocycles. The number of hydrogen-bond donors (Lipinski definition) is 0. The van der Waals surface area contributed by atoms with Crippen LogP contribution in [-0.2, 0) is 11.2 Å². The molecular formula is C21H30N6O. The largest absolute Gasteiger partial charge is 0.378 e. The van der Waals surface area contributed by atoms with Crippen molar-refractivity contribution in [1.29, 1.82) is 0 Å². The van der Waals surface area contributed by atoms with Gasteiger partial charge >= 0.3 is 0 Å². The van der Waals surface area contributed by atoms with Crippen LogP contribution in [-0.4, -0.2) is 59.3 Å². The van der Waals surface area contributed by atoms with Crippen molar-refractivity contribution in [2.45, 2.75) is 46.0 Å². The second-order valence-electron chi connectivity index (χ2n) is 7.70. The van der Waals surface area contributed by atoms with Crippen LogP contribution in [0.15, 0.2) is 12.3 Å². The van der Waals surface area contributed by atoms with Gasteiger partial charge in [-0.1, -0.05) is 6.92 Å². The van der Waals surface area contributed by atoms with Gasteiger partial charge in [-0.2, -0.15) is 0 Å². The summed E-state index contributed by atoms with van der Waals surface area (Å²) < 4.78 is 5.49. The Morgan fingerprint density at radius 3 is 2.64 bits per heavy atom. The Bertz CT molecular complexity index is 821. The second-order valence-corrected chi connectivity index (χ2v) is 7.70. The number of hydrogen-bond acceptors (Lipinski definition) is 7. The molecular weight excluding hydrogens is 352 g/mol. The van der Waals surface area contributed by atoms with Crippen LogP contribution in [0.2, 0.25) is 0 Å². The molecule has 0 N–H and O–H groups in total. The van der Waals surface area contributed by atoms with Crippen molar-refractivity contribution in [1.82, 2.24) is 19.9 Å². The van der Waals surface area contributed by atoms with Crippen LogP contribution < -0.4 is 9.80 Å². The lowest BCUT2D eigenvalue weighted by Gasteiger charge is -2.35. The van der Waals surface area contributed by atoms with Crippen LogP contribution in [0.3, 0.4) is 0 Å². The van der Waals surface area contributed by atoms with Gasteiger partial charge in [0.1, 0.15) is 23.3 Å². The summed E-state index contributed by atoms with van der Waals surface area (Å²) >= 11 is 0. The monoisotopic (exact) mass is 382 g/mol. The van der Waals surface area contributed by atoms with Gasteiger partial charge in [0.05, 0.1) is 18.9 Å². The molecule has 28 heavy (non-hydrogen) atoms. The molecule has 1 atom stereocenters. The zero-order valence-corrected chi connectivity index (χ0v) is 17.2. The molecule has 0 amide bonds. The fraction of sp³-hybridized carbons (Fsp3) is 0.619. The van der Waals surface area contributed by atoms with E-state index < -0.39 is 0 Å². The first-order valence-corrected chi connectivity index (χ1v) is 10.4. The third kappa shape index (κ3) is 4.09. The highest BCUT2D eigenvalue weighted by molar-refractivity contribution is 5.48. The first-order chi connectivity index (χ1) is 13.6. The SMILES string of the molecule is CCc1cnc(C)nc1N1CCCC(c2cc(N3CCOCC3)nc(C)n2)C1. The van der Waals surface area contributed by atoms with Crippen molar-refractivity contribution in [2.24, 2.45) is 0 Å². The summed E-state index contributed by atoms with van der Waals surface area (Å²) in [6.07, 6.45) is 5.23. The fourth-order valence-corrected chi connectivity index (χ4v) is 4.16. The zero-order valence-electron chi connectivity index (χ0n) is 17.2. The van der Waals surface area contributed by atoms with Crippen LogP contribution in [0.25, 0.3) is 0 Å². The highest BCUT2D eigenvalue weighted by atomic mass is 16.5. The van der Waals surface area contributed by atoms with Gasteiger partial charge in [-0.05, 0) is 33.1 Å². The van der Waals surface area contributed by atoms with Crippen molar-refractivity contribution in [3.05, 3.63) is 35.2 Å². The predicted molar refractivity (Wildman–Crippen MR) is 110 cm³/mol. The highest BCUT2D eigenvalue weighted by Crippen LogP contribution is 2.31. The van der Waals surface area contributed by atoms with E-state index in [1.165, 1.54) is 5.56 Å². The molecule has 2 fully saturated rings. The van der Waals surface area contributed by atoms with E-state index in [2.05, 4.69) is 27.8 Å². The Balaban J connectivity index is 1.58. The lowest BCUT2D eigenvalue weighted by Crippen LogP contribution is -2.38. The summed E-state index contributed by atoms with van der Waals surface area (Å²) in [7, 11) is 0. The third-order valence-electron chi connectivity index (χ3n) is 5.66. The Labute approximate surface area is 167 Å². The number of nitrogens with zero attached hydrogens (tertiary/aromatic N) is 6. The smallest absolute Gasteiger partial charge is 0.135 e. The van der Waals surface area contributed by atoms with E-state index in [1.807, 2.05) is 20.0 Å². The minimum atomic E-state index is 0.398. The number of ether oxygens (including phenoxy) is 1. The van der Waals surface area contributed by atoms with Gasteiger partial charge in [0.25, 0.3) is 0 Å². The lowest BCUT2D eigenvalue weighted by molar-refractivity contribution is 0.122. The summed E-state index contributed by atoms with van der Waals surface area (Å²) in [5, 5.41) is 0.